The van der Waals surface area contributed by atoms with Gasteiger partial charge in [0, 0.05) is 35.7 Å². The summed E-state index contributed by atoms with van der Waals surface area (Å²) in [5, 5.41) is 1.19. The summed E-state index contributed by atoms with van der Waals surface area (Å²) in [6, 6.07) is 6.40. The van der Waals surface area contributed by atoms with Crippen LogP contribution >= 0.6 is 0 Å². The van der Waals surface area contributed by atoms with Gasteiger partial charge in [0.05, 0.1) is 14.2 Å². The molecule has 1 aliphatic carbocycles. The van der Waals surface area contributed by atoms with Gasteiger partial charge in [0.1, 0.15) is 11.2 Å². The fraction of sp³-hybridized carbons (Fsp3) is 0.591. The number of ether oxygens (including phenoxy) is 2. The third-order valence-corrected chi connectivity index (χ3v) is 7.37. The van der Waals surface area contributed by atoms with Crippen molar-refractivity contribution in [3.8, 4) is 5.75 Å². The van der Waals surface area contributed by atoms with Crippen molar-refractivity contribution in [2.75, 3.05) is 27.3 Å². The molecule has 144 valence electrons. The van der Waals surface area contributed by atoms with Crippen LogP contribution in [-0.4, -0.2) is 49.2 Å². The molecule has 1 N–H and O–H groups in total. The minimum absolute atomic E-state index is 0.0676. The van der Waals surface area contributed by atoms with Crippen molar-refractivity contribution in [3.05, 3.63) is 29.5 Å². The van der Waals surface area contributed by atoms with E-state index >= 15 is 0 Å². The van der Waals surface area contributed by atoms with Crippen LogP contribution in [0.2, 0.25) is 0 Å². The lowest BCUT2D eigenvalue weighted by Gasteiger charge is -2.57. The van der Waals surface area contributed by atoms with Gasteiger partial charge in [-0.1, -0.05) is 13.3 Å². The molecule has 6 rings (SSSR count). The summed E-state index contributed by atoms with van der Waals surface area (Å²) in [6.45, 7) is 4.39. The first-order chi connectivity index (χ1) is 13.1. The van der Waals surface area contributed by atoms with E-state index in [1.54, 1.807) is 14.2 Å². The monoisotopic (exact) mass is 368 g/mol. The van der Waals surface area contributed by atoms with Crippen LogP contribution in [0.1, 0.15) is 37.4 Å². The number of aromatic nitrogens is 1. The molecule has 0 radical (unpaired) electrons. The summed E-state index contributed by atoms with van der Waals surface area (Å²) in [4.78, 5) is 19.6. The first-order valence-corrected chi connectivity index (χ1v) is 10.1. The topological polar surface area (TPSA) is 54.6 Å². The summed E-state index contributed by atoms with van der Waals surface area (Å²) >= 11 is 0. The number of esters is 1. The minimum atomic E-state index is -0.575. The Bertz CT molecular complexity index is 904. The van der Waals surface area contributed by atoms with Gasteiger partial charge in [-0.25, -0.2) is 0 Å². The number of fused-ring (bicyclic) bond motifs is 4. The Kier molecular flexibility index (Phi) is 3.80. The molecule has 0 amide bonds. The first-order valence-electron chi connectivity index (χ1n) is 10.1. The van der Waals surface area contributed by atoms with E-state index in [1.807, 2.05) is 6.07 Å². The maximum Gasteiger partial charge on any atom is 0.319 e. The highest BCUT2D eigenvalue weighted by molar-refractivity contribution is 5.92. The van der Waals surface area contributed by atoms with E-state index in [0.717, 1.165) is 49.3 Å². The van der Waals surface area contributed by atoms with E-state index in [1.165, 1.54) is 17.4 Å². The quantitative estimate of drug-likeness (QED) is 0.845. The number of piperidine rings is 2. The van der Waals surface area contributed by atoms with Crippen LogP contribution in [-0.2, 0) is 21.4 Å². The van der Waals surface area contributed by atoms with Crippen molar-refractivity contribution in [1.29, 1.82) is 0 Å². The maximum atomic E-state index is 13.4. The molecule has 5 atom stereocenters. The Hall–Kier alpha value is -2.01. The van der Waals surface area contributed by atoms with Gasteiger partial charge in [-0.2, -0.15) is 0 Å². The number of hydrogen-bond acceptors (Lipinski definition) is 4. The second kappa shape index (κ2) is 5.99. The molecule has 4 heterocycles. The molecule has 1 aromatic carbocycles. The third-order valence-electron chi connectivity index (χ3n) is 7.37. The van der Waals surface area contributed by atoms with E-state index in [0.29, 0.717) is 11.8 Å². The predicted molar refractivity (Wildman–Crippen MR) is 104 cm³/mol. The van der Waals surface area contributed by atoms with Crippen LogP contribution < -0.4 is 4.74 Å². The molecule has 1 aromatic heterocycles. The van der Waals surface area contributed by atoms with Crippen LogP contribution in [0.25, 0.3) is 10.9 Å². The molecular weight excluding hydrogens is 340 g/mol. The van der Waals surface area contributed by atoms with Crippen molar-refractivity contribution in [2.24, 2.45) is 11.8 Å². The molecule has 0 spiro atoms. The van der Waals surface area contributed by atoms with Gasteiger partial charge in [-0.3, -0.25) is 9.69 Å². The second-order valence-corrected chi connectivity index (χ2v) is 8.52. The van der Waals surface area contributed by atoms with Gasteiger partial charge in [0.2, 0.25) is 0 Å². The molecule has 1 unspecified atom stereocenters. The van der Waals surface area contributed by atoms with Gasteiger partial charge in [-0.15, -0.1) is 0 Å². The van der Waals surface area contributed by atoms with Crippen LogP contribution in [0.5, 0.6) is 5.75 Å². The summed E-state index contributed by atoms with van der Waals surface area (Å²) in [7, 11) is 3.24. The number of carbonyl (C=O) groups is 1. The lowest BCUT2D eigenvalue weighted by atomic mass is 9.56. The fourth-order valence-electron chi connectivity index (χ4n) is 6.42. The average Bonchev–Trinajstić information content (AvgIpc) is 3.04. The molecular formula is C22H28N2O3. The number of nitrogens with zero attached hydrogens (tertiary/aromatic N) is 1. The van der Waals surface area contributed by atoms with Crippen molar-refractivity contribution in [2.45, 2.75) is 44.1 Å². The summed E-state index contributed by atoms with van der Waals surface area (Å²) in [5.74, 6) is 1.90. The van der Waals surface area contributed by atoms with E-state index in [2.05, 4.69) is 28.9 Å². The largest absolute Gasteiger partial charge is 0.497 e. The molecule has 2 saturated heterocycles. The molecule has 4 bridgehead atoms. The molecule has 27 heavy (non-hydrogen) atoms. The molecule has 5 nitrogen and oxygen atoms in total. The first kappa shape index (κ1) is 17.1. The fourth-order valence-corrected chi connectivity index (χ4v) is 6.42. The van der Waals surface area contributed by atoms with Crippen molar-refractivity contribution < 1.29 is 14.3 Å². The van der Waals surface area contributed by atoms with E-state index < -0.39 is 5.41 Å². The Balaban J connectivity index is 1.79. The zero-order valence-corrected chi connectivity index (χ0v) is 16.4. The highest BCUT2D eigenvalue weighted by atomic mass is 16.5. The van der Waals surface area contributed by atoms with E-state index in [9.17, 15) is 4.79 Å². The number of methoxy groups -OCH3 is 2. The maximum absolute atomic E-state index is 13.4. The van der Waals surface area contributed by atoms with Crippen LogP contribution in [0.3, 0.4) is 0 Å². The van der Waals surface area contributed by atoms with E-state index in [4.69, 9.17) is 9.47 Å². The molecule has 4 aliphatic rings. The molecule has 1 saturated carbocycles. The van der Waals surface area contributed by atoms with Crippen molar-refractivity contribution in [1.82, 2.24) is 9.88 Å². The number of rotatable bonds is 3. The van der Waals surface area contributed by atoms with Gasteiger partial charge >= 0.3 is 5.97 Å². The lowest BCUT2D eigenvalue weighted by Crippen LogP contribution is -2.67. The Morgan fingerprint density at radius 1 is 1.37 bits per heavy atom. The highest BCUT2D eigenvalue weighted by Crippen LogP contribution is 2.55. The number of carbonyl (C=O) groups excluding carboxylic acids is 1. The zero-order valence-electron chi connectivity index (χ0n) is 16.4. The molecule has 2 aromatic rings. The van der Waals surface area contributed by atoms with Crippen molar-refractivity contribution in [3.63, 3.8) is 0 Å². The Morgan fingerprint density at radius 2 is 2.22 bits per heavy atom. The normalized spacial score (nSPS) is 34.2. The predicted octanol–water partition coefficient (Wildman–Crippen LogP) is 3.26. The number of H-pyrrole nitrogens is 1. The third kappa shape index (κ3) is 2.18. The molecule has 3 fully saturated rings. The van der Waals surface area contributed by atoms with Gasteiger partial charge in [-0.05, 0) is 54.9 Å². The average molecular weight is 368 g/mol. The Labute approximate surface area is 160 Å². The number of nitrogens with one attached hydrogen (secondary N) is 1. The zero-order chi connectivity index (χ0) is 18.8. The van der Waals surface area contributed by atoms with Crippen molar-refractivity contribution >= 4 is 16.9 Å². The number of benzene rings is 1. The SMILES string of the molecule is CC[C@@H]1C[C@H]2CN3CCc4c([nH]c5ccc(OC)cc45)[C@@](C(=O)OC)(C2)[C@H]13. The summed E-state index contributed by atoms with van der Waals surface area (Å²) in [6.07, 6.45) is 4.20. The van der Waals surface area contributed by atoms with Gasteiger partial charge in [0.25, 0.3) is 0 Å². The number of aromatic amines is 1. The minimum Gasteiger partial charge on any atom is -0.497 e. The summed E-state index contributed by atoms with van der Waals surface area (Å²) < 4.78 is 10.9. The van der Waals surface area contributed by atoms with Gasteiger partial charge < -0.3 is 14.5 Å². The number of hydrogen-bond donors (Lipinski definition) is 1. The van der Waals surface area contributed by atoms with Crippen LogP contribution in [0.15, 0.2) is 18.2 Å². The lowest BCUT2D eigenvalue weighted by molar-refractivity contribution is -0.162. The van der Waals surface area contributed by atoms with Crippen LogP contribution in [0.4, 0.5) is 0 Å². The van der Waals surface area contributed by atoms with Crippen LogP contribution in [0, 0.1) is 11.8 Å². The second-order valence-electron chi connectivity index (χ2n) is 8.52. The van der Waals surface area contributed by atoms with E-state index in [-0.39, 0.29) is 12.0 Å². The summed E-state index contributed by atoms with van der Waals surface area (Å²) in [5.41, 5.74) is 2.90. The smallest absolute Gasteiger partial charge is 0.319 e. The Morgan fingerprint density at radius 3 is 2.96 bits per heavy atom. The van der Waals surface area contributed by atoms with Gasteiger partial charge in [0.15, 0.2) is 0 Å². The molecule has 5 heteroatoms. The standard InChI is InChI=1S/C22H28N2O3/c1-4-14-9-13-11-22(21(25)27-3)19-16(7-8-24(12-13)20(14)22)17-10-15(26-2)5-6-18(17)23-19/h5-6,10,13-14,20,23H,4,7-9,11-12H2,1-3H3/t13-,14-,20+,22+/m1/s1. The highest BCUT2D eigenvalue weighted by Gasteiger charge is 2.62. The molecule has 3 aliphatic heterocycles.